The van der Waals surface area contributed by atoms with Crippen LogP contribution in [0, 0.1) is 6.92 Å². The summed E-state index contributed by atoms with van der Waals surface area (Å²) in [4.78, 5) is 12.9. The monoisotopic (exact) mass is 268 g/mol. The van der Waals surface area contributed by atoms with Crippen LogP contribution < -0.4 is 5.32 Å². The highest BCUT2D eigenvalue weighted by Crippen LogP contribution is 2.12. The van der Waals surface area contributed by atoms with Gasteiger partial charge in [0.05, 0.1) is 5.69 Å². The first-order valence-electron chi connectivity index (χ1n) is 6.56. The minimum atomic E-state index is 0.235. The van der Waals surface area contributed by atoms with Crippen LogP contribution in [0.3, 0.4) is 0 Å². The van der Waals surface area contributed by atoms with Gasteiger partial charge in [0.25, 0.3) is 0 Å². The van der Waals surface area contributed by atoms with Crippen molar-refractivity contribution in [3.63, 3.8) is 0 Å². The van der Waals surface area contributed by atoms with Crippen LogP contribution in [0.1, 0.15) is 18.3 Å². The van der Waals surface area contributed by atoms with Crippen molar-refractivity contribution in [1.29, 1.82) is 0 Å². The van der Waals surface area contributed by atoms with E-state index in [2.05, 4.69) is 43.5 Å². The van der Waals surface area contributed by atoms with Gasteiger partial charge in [0, 0.05) is 30.6 Å². The number of rotatable bonds is 4. The molecule has 0 amide bonds. The maximum absolute atomic E-state index is 4.45. The second kappa shape index (κ2) is 5.24. The van der Waals surface area contributed by atoms with Crippen molar-refractivity contribution in [3.8, 4) is 0 Å². The van der Waals surface area contributed by atoms with Crippen LogP contribution in [0.15, 0.2) is 30.6 Å². The molecule has 3 aromatic rings. The second-order valence-electron chi connectivity index (χ2n) is 4.89. The maximum atomic E-state index is 4.45. The Morgan fingerprint density at radius 1 is 1.25 bits per heavy atom. The van der Waals surface area contributed by atoms with Gasteiger partial charge in [-0.1, -0.05) is 0 Å². The van der Waals surface area contributed by atoms with E-state index in [4.69, 9.17) is 0 Å². The Kier molecular flexibility index (Phi) is 3.28. The number of hydrogen-bond acceptors (Lipinski definition) is 5. The quantitative estimate of drug-likeness (QED) is 0.757. The van der Waals surface area contributed by atoms with Crippen LogP contribution in [-0.4, -0.2) is 31.2 Å². The third-order valence-corrected chi connectivity index (χ3v) is 3.00. The van der Waals surface area contributed by atoms with Crippen LogP contribution in [-0.2, 0) is 6.42 Å². The summed E-state index contributed by atoms with van der Waals surface area (Å²) in [5, 5.41) is 10.5. The summed E-state index contributed by atoms with van der Waals surface area (Å²) < 4.78 is 0. The molecule has 0 radical (unpaired) electrons. The number of pyridine rings is 1. The number of aromatic amines is 1. The average molecular weight is 268 g/mol. The van der Waals surface area contributed by atoms with Gasteiger partial charge in [-0.2, -0.15) is 5.10 Å². The Morgan fingerprint density at radius 2 is 2.10 bits per heavy atom. The summed E-state index contributed by atoms with van der Waals surface area (Å²) in [5.41, 5.74) is 3.57. The standard InChI is InChI=1S/C14H16N6/c1-9(7-11-8-10(2)19-20-11)17-13-4-3-12-14(18-13)16-6-5-15-12/h3-6,8-9H,7H2,1-2H3,(H,19,20)(H,16,17,18). The van der Waals surface area contributed by atoms with Crippen LogP contribution >= 0.6 is 0 Å². The minimum absolute atomic E-state index is 0.235. The predicted molar refractivity (Wildman–Crippen MR) is 77.4 cm³/mol. The number of nitrogens with zero attached hydrogens (tertiary/aromatic N) is 4. The molecule has 0 aromatic carbocycles. The van der Waals surface area contributed by atoms with Gasteiger partial charge in [-0.05, 0) is 32.0 Å². The van der Waals surface area contributed by atoms with Crippen molar-refractivity contribution >= 4 is 17.0 Å². The van der Waals surface area contributed by atoms with Gasteiger partial charge in [-0.15, -0.1) is 0 Å². The summed E-state index contributed by atoms with van der Waals surface area (Å²) in [6, 6.07) is 6.13. The average Bonchev–Trinajstić information content (AvgIpc) is 2.83. The SMILES string of the molecule is Cc1cc(CC(C)Nc2ccc3nccnc3n2)n[nH]1. The molecule has 2 N–H and O–H groups in total. The number of aromatic nitrogens is 5. The molecule has 0 aliphatic heterocycles. The molecule has 0 bridgehead atoms. The molecular formula is C14H16N6. The lowest BCUT2D eigenvalue weighted by molar-refractivity contribution is 0.761. The van der Waals surface area contributed by atoms with Gasteiger partial charge in [0.15, 0.2) is 5.65 Å². The van der Waals surface area contributed by atoms with E-state index in [1.165, 1.54) is 0 Å². The fraction of sp³-hybridized carbons (Fsp3) is 0.286. The van der Waals surface area contributed by atoms with Crippen LogP contribution in [0.4, 0.5) is 5.82 Å². The van der Waals surface area contributed by atoms with Crippen LogP contribution in [0.25, 0.3) is 11.2 Å². The molecule has 6 nitrogen and oxygen atoms in total. The predicted octanol–water partition coefficient (Wildman–Crippen LogP) is 2.10. The van der Waals surface area contributed by atoms with E-state index < -0.39 is 0 Å². The van der Waals surface area contributed by atoms with Crippen LogP contribution in [0.5, 0.6) is 0 Å². The highest BCUT2D eigenvalue weighted by Gasteiger charge is 2.07. The molecule has 0 spiro atoms. The number of nitrogens with one attached hydrogen (secondary N) is 2. The van der Waals surface area contributed by atoms with E-state index in [9.17, 15) is 0 Å². The number of fused-ring (bicyclic) bond motifs is 1. The first-order valence-corrected chi connectivity index (χ1v) is 6.56. The molecule has 6 heteroatoms. The number of aryl methyl sites for hydroxylation is 1. The smallest absolute Gasteiger partial charge is 0.180 e. The fourth-order valence-electron chi connectivity index (χ4n) is 2.13. The Labute approximate surface area is 116 Å². The largest absolute Gasteiger partial charge is 0.367 e. The van der Waals surface area contributed by atoms with Crippen molar-refractivity contribution < 1.29 is 0 Å². The van der Waals surface area contributed by atoms with Gasteiger partial charge in [0.1, 0.15) is 11.3 Å². The molecule has 1 unspecified atom stereocenters. The molecule has 0 saturated carbocycles. The number of H-pyrrole nitrogens is 1. The zero-order valence-corrected chi connectivity index (χ0v) is 11.5. The molecule has 20 heavy (non-hydrogen) atoms. The van der Waals surface area contributed by atoms with Gasteiger partial charge in [-0.3, -0.25) is 10.1 Å². The summed E-state index contributed by atoms with van der Waals surface area (Å²) in [5.74, 6) is 0.803. The normalized spacial score (nSPS) is 12.5. The Balaban J connectivity index is 1.72. The van der Waals surface area contributed by atoms with Gasteiger partial charge in [0.2, 0.25) is 0 Å². The zero-order chi connectivity index (χ0) is 13.9. The van der Waals surface area contributed by atoms with Gasteiger partial charge >= 0.3 is 0 Å². The highest BCUT2D eigenvalue weighted by molar-refractivity contribution is 5.71. The molecule has 3 heterocycles. The van der Waals surface area contributed by atoms with E-state index in [1.54, 1.807) is 12.4 Å². The molecule has 1 atom stereocenters. The maximum Gasteiger partial charge on any atom is 0.180 e. The lowest BCUT2D eigenvalue weighted by Gasteiger charge is -2.13. The van der Waals surface area contributed by atoms with E-state index in [0.29, 0.717) is 5.65 Å². The molecule has 0 saturated heterocycles. The van der Waals surface area contributed by atoms with Crippen LogP contribution in [0.2, 0.25) is 0 Å². The Hall–Kier alpha value is -2.50. The summed E-state index contributed by atoms with van der Waals surface area (Å²) in [6.07, 6.45) is 4.15. The van der Waals surface area contributed by atoms with Crippen molar-refractivity contribution in [2.75, 3.05) is 5.32 Å². The summed E-state index contributed by atoms with van der Waals surface area (Å²) in [6.45, 7) is 4.10. The second-order valence-corrected chi connectivity index (χ2v) is 4.89. The summed E-state index contributed by atoms with van der Waals surface area (Å²) in [7, 11) is 0. The molecular weight excluding hydrogens is 252 g/mol. The van der Waals surface area contributed by atoms with E-state index >= 15 is 0 Å². The van der Waals surface area contributed by atoms with Crippen molar-refractivity contribution in [3.05, 3.63) is 42.0 Å². The van der Waals surface area contributed by atoms with E-state index in [-0.39, 0.29) is 6.04 Å². The molecule has 0 aliphatic carbocycles. The minimum Gasteiger partial charge on any atom is -0.367 e. The van der Waals surface area contributed by atoms with Crippen molar-refractivity contribution in [2.24, 2.45) is 0 Å². The Bertz CT molecular complexity index is 720. The third-order valence-electron chi connectivity index (χ3n) is 3.00. The van der Waals surface area contributed by atoms with E-state index in [0.717, 1.165) is 29.1 Å². The third kappa shape index (κ3) is 2.74. The molecule has 102 valence electrons. The van der Waals surface area contributed by atoms with Crippen molar-refractivity contribution in [2.45, 2.75) is 26.3 Å². The lowest BCUT2D eigenvalue weighted by Crippen LogP contribution is -2.19. The van der Waals surface area contributed by atoms with Gasteiger partial charge < -0.3 is 5.32 Å². The topological polar surface area (TPSA) is 79.4 Å². The van der Waals surface area contributed by atoms with Gasteiger partial charge in [-0.25, -0.2) is 9.97 Å². The first-order chi connectivity index (χ1) is 9.70. The summed E-state index contributed by atoms with van der Waals surface area (Å²) >= 11 is 0. The lowest BCUT2D eigenvalue weighted by atomic mass is 10.2. The zero-order valence-electron chi connectivity index (χ0n) is 11.5. The first kappa shape index (κ1) is 12.5. The highest BCUT2D eigenvalue weighted by atomic mass is 15.1. The number of anilines is 1. The molecule has 0 fully saturated rings. The molecule has 3 aromatic heterocycles. The number of hydrogen-bond donors (Lipinski definition) is 2. The fourth-order valence-corrected chi connectivity index (χ4v) is 2.13. The van der Waals surface area contributed by atoms with Crippen molar-refractivity contribution in [1.82, 2.24) is 25.1 Å². The molecule has 3 rings (SSSR count). The Morgan fingerprint density at radius 3 is 2.90 bits per heavy atom. The van der Waals surface area contributed by atoms with E-state index in [1.807, 2.05) is 19.1 Å². The molecule has 0 aliphatic rings.